The summed E-state index contributed by atoms with van der Waals surface area (Å²) in [6.07, 6.45) is 2.15. The molecule has 0 bridgehead atoms. The first kappa shape index (κ1) is 15.5. The minimum Gasteiger partial charge on any atom is -0.492 e. The molecule has 0 aliphatic heterocycles. The van der Waals surface area contributed by atoms with Gasteiger partial charge in [0.15, 0.2) is 9.84 Å². The molecule has 0 saturated carbocycles. The maximum Gasteiger partial charge on any atom is 0.178 e. The van der Waals surface area contributed by atoms with Gasteiger partial charge in [-0.2, -0.15) is 0 Å². The van der Waals surface area contributed by atoms with Gasteiger partial charge in [-0.3, -0.25) is 4.98 Å². The van der Waals surface area contributed by atoms with Gasteiger partial charge >= 0.3 is 0 Å². The number of ether oxygens (including phenoxy) is 1. The summed E-state index contributed by atoms with van der Waals surface area (Å²) in [5, 5.41) is 0. The highest BCUT2D eigenvalue weighted by atomic mass is 32.2. The van der Waals surface area contributed by atoms with Crippen LogP contribution in [0.1, 0.15) is 17.7 Å². The Morgan fingerprint density at radius 3 is 2.48 bits per heavy atom. The second kappa shape index (κ2) is 6.72. The lowest BCUT2D eigenvalue weighted by molar-refractivity contribution is 0.314. The van der Waals surface area contributed by atoms with Crippen LogP contribution in [0.5, 0.6) is 5.75 Å². The van der Waals surface area contributed by atoms with E-state index in [9.17, 15) is 8.42 Å². The van der Waals surface area contributed by atoms with Crippen LogP contribution in [-0.2, 0) is 9.84 Å². The maximum atomic E-state index is 12.2. The average molecular weight is 305 g/mol. The van der Waals surface area contributed by atoms with Crippen molar-refractivity contribution in [2.24, 2.45) is 0 Å². The number of sulfone groups is 1. The van der Waals surface area contributed by atoms with Crippen LogP contribution in [0.4, 0.5) is 0 Å². The van der Waals surface area contributed by atoms with Crippen LogP contribution in [-0.4, -0.2) is 25.8 Å². The zero-order chi connectivity index (χ0) is 15.3. The molecule has 0 saturated heterocycles. The molecule has 0 atom stereocenters. The first-order valence-electron chi connectivity index (χ1n) is 6.83. The fourth-order valence-electron chi connectivity index (χ4n) is 1.92. The first-order valence-corrected chi connectivity index (χ1v) is 8.48. The van der Waals surface area contributed by atoms with Crippen LogP contribution in [0.2, 0.25) is 0 Å². The fourth-order valence-corrected chi connectivity index (χ4v) is 3.20. The van der Waals surface area contributed by atoms with E-state index in [1.807, 2.05) is 32.0 Å². The molecule has 0 fully saturated rings. The van der Waals surface area contributed by atoms with E-state index in [1.165, 1.54) is 0 Å². The van der Waals surface area contributed by atoms with Crippen molar-refractivity contribution in [3.05, 3.63) is 53.9 Å². The molecular formula is C16H19NO3S. The third-order valence-electron chi connectivity index (χ3n) is 3.15. The Balaban J connectivity index is 1.88. The molecule has 21 heavy (non-hydrogen) atoms. The normalized spacial score (nSPS) is 11.3. The summed E-state index contributed by atoms with van der Waals surface area (Å²) in [5.41, 5.74) is 1.85. The third-order valence-corrected chi connectivity index (χ3v) is 4.97. The van der Waals surface area contributed by atoms with Crippen molar-refractivity contribution in [3.63, 3.8) is 0 Å². The quantitative estimate of drug-likeness (QED) is 0.770. The van der Waals surface area contributed by atoms with Gasteiger partial charge in [-0.25, -0.2) is 8.42 Å². The molecule has 1 aromatic heterocycles. The zero-order valence-corrected chi connectivity index (χ0v) is 13.1. The SMILES string of the molecule is Cc1ccc(S(=O)(=O)CCCOc2cccnc2C)cc1. The Labute approximate surface area is 125 Å². The molecule has 2 rings (SSSR count). The predicted octanol–water partition coefficient (Wildman–Crippen LogP) is 2.94. The molecule has 1 aromatic carbocycles. The molecule has 0 amide bonds. The van der Waals surface area contributed by atoms with E-state index in [0.29, 0.717) is 23.7 Å². The minimum atomic E-state index is -3.24. The molecule has 4 nitrogen and oxygen atoms in total. The van der Waals surface area contributed by atoms with Gasteiger partial charge in [0, 0.05) is 6.20 Å². The second-order valence-corrected chi connectivity index (χ2v) is 7.03. The smallest absolute Gasteiger partial charge is 0.178 e. The molecule has 0 aliphatic carbocycles. The topological polar surface area (TPSA) is 56.3 Å². The lowest BCUT2D eigenvalue weighted by Gasteiger charge is -2.08. The molecular weight excluding hydrogens is 286 g/mol. The van der Waals surface area contributed by atoms with Crippen LogP contribution in [0.25, 0.3) is 0 Å². The van der Waals surface area contributed by atoms with Crippen LogP contribution in [0.3, 0.4) is 0 Å². The molecule has 0 spiro atoms. The number of hydrogen-bond acceptors (Lipinski definition) is 4. The summed E-state index contributed by atoms with van der Waals surface area (Å²) >= 11 is 0. The van der Waals surface area contributed by atoms with E-state index >= 15 is 0 Å². The number of hydrogen-bond donors (Lipinski definition) is 0. The maximum absolute atomic E-state index is 12.2. The van der Waals surface area contributed by atoms with Gasteiger partial charge in [0.05, 0.1) is 22.9 Å². The van der Waals surface area contributed by atoms with Crippen molar-refractivity contribution in [1.82, 2.24) is 4.98 Å². The standard InChI is InChI=1S/C16H19NO3S/c1-13-6-8-15(9-7-13)21(18,19)12-4-11-20-16-5-3-10-17-14(16)2/h3,5-10H,4,11-12H2,1-2H3. The Hall–Kier alpha value is -1.88. The highest BCUT2D eigenvalue weighted by Gasteiger charge is 2.13. The number of aromatic nitrogens is 1. The molecule has 5 heteroatoms. The van der Waals surface area contributed by atoms with Crippen molar-refractivity contribution in [1.29, 1.82) is 0 Å². The van der Waals surface area contributed by atoms with Crippen molar-refractivity contribution in [3.8, 4) is 5.75 Å². The van der Waals surface area contributed by atoms with E-state index < -0.39 is 9.84 Å². The summed E-state index contributed by atoms with van der Waals surface area (Å²) in [6.45, 7) is 4.15. The number of aryl methyl sites for hydroxylation is 2. The van der Waals surface area contributed by atoms with Crippen molar-refractivity contribution < 1.29 is 13.2 Å². The van der Waals surface area contributed by atoms with Crippen molar-refractivity contribution >= 4 is 9.84 Å². The summed E-state index contributed by atoms with van der Waals surface area (Å²) in [6, 6.07) is 10.5. The van der Waals surface area contributed by atoms with Crippen LogP contribution < -0.4 is 4.74 Å². The Kier molecular flexibility index (Phi) is 4.96. The number of rotatable bonds is 6. The summed E-state index contributed by atoms with van der Waals surface area (Å²) in [5.74, 6) is 0.778. The summed E-state index contributed by atoms with van der Waals surface area (Å²) in [4.78, 5) is 4.49. The highest BCUT2D eigenvalue weighted by molar-refractivity contribution is 7.91. The van der Waals surface area contributed by atoms with Crippen LogP contribution in [0, 0.1) is 13.8 Å². The lowest BCUT2D eigenvalue weighted by Crippen LogP contribution is -2.11. The molecule has 0 unspecified atom stereocenters. The highest BCUT2D eigenvalue weighted by Crippen LogP contribution is 2.15. The fraction of sp³-hybridized carbons (Fsp3) is 0.312. The average Bonchev–Trinajstić information content (AvgIpc) is 2.46. The van der Waals surface area contributed by atoms with Gasteiger partial charge in [-0.05, 0) is 44.5 Å². The molecule has 112 valence electrons. The number of pyridine rings is 1. The Morgan fingerprint density at radius 1 is 1.10 bits per heavy atom. The van der Waals surface area contributed by atoms with Crippen LogP contribution in [0.15, 0.2) is 47.5 Å². The van der Waals surface area contributed by atoms with Gasteiger partial charge in [-0.15, -0.1) is 0 Å². The number of nitrogens with zero attached hydrogens (tertiary/aromatic N) is 1. The Morgan fingerprint density at radius 2 is 1.81 bits per heavy atom. The third kappa shape index (κ3) is 4.29. The van der Waals surface area contributed by atoms with Crippen molar-refractivity contribution in [2.45, 2.75) is 25.2 Å². The summed E-state index contributed by atoms with van der Waals surface area (Å²) < 4.78 is 29.9. The first-order chi connectivity index (χ1) is 9.99. The van der Waals surface area contributed by atoms with Gasteiger partial charge in [0.1, 0.15) is 5.75 Å². The van der Waals surface area contributed by atoms with E-state index in [2.05, 4.69) is 4.98 Å². The monoisotopic (exact) mass is 305 g/mol. The van der Waals surface area contributed by atoms with E-state index in [-0.39, 0.29) is 5.75 Å². The van der Waals surface area contributed by atoms with Gasteiger partial charge in [0.25, 0.3) is 0 Å². The molecule has 1 heterocycles. The molecule has 0 aliphatic rings. The van der Waals surface area contributed by atoms with Crippen molar-refractivity contribution in [2.75, 3.05) is 12.4 Å². The van der Waals surface area contributed by atoms with Gasteiger partial charge in [0.2, 0.25) is 0 Å². The zero-order valence-electron chi connectivity index (χ0n) is 12.2. The molecule has 0 radical (unpaired) electrons. The van der Waals surface area contributed by atoms with Crippen LogP contribution >= 0.6 is 0 Å². The molecule has 0 N–H and O–H groups in total. The number of benzene rings is 1. The van der Waals surface area contributed by atoms with E-state index in [0.717, 1.165) is 11.3 Å². The summed E-state index contributed by atoms with van der Waals surface area (Å²) in [7, 11) is -3.24. The lowest BCUT2D eigenvalue weighted by atomic mass is 10.2. The van der Waals surface area contributed by atoms with E-state index in [1.54, 1.807) is 24.4 Å². The largest absolute Gasteiger partial charge is 0.492 e. The van der Waals surface area contributed by atoms with E-state index in [4.69, 9.17) is 4.74 Å². The second-order valence-electron chi connectivity index (χ2n) is 4.92. The molecule has 2 aromatic rings. The van der Waals surface area contributed by atoms with Gasteiger partial charge in [-0.1, -0.05) is 17.7 Å². The Bertz CT molecular complexity index is 694. The predicted molar refractivity (Wildman–Crippen MR) is 82.3 cm³/mol. The minimum absolute atomic E-state index is 0.0787. The van der Waals surface area contributed by atoms with Gasteiger partial charge < -0.3 is 4.74 Å².